The molecule has 1 heterocycles. The van der Waals surface area contributed by atoms with Crippen molar-refractivity contribution in [1.82, 2.24) is 4.90 Å². The molecule has 0 atom stereocenters. The van der Waals surface area contributed by atoms with Crippen molar-refractivity contribution in [2.24, 2.45) is 0 Å². The van der Waals surface area contributed by atoms with Gasteiger partial charge in [0.15, 0.2) is 11.5 Å². The first kappa shape index (κ1) is 20.6. The van der Waals surface area contributed by atoms with Crippen molar-refractivity contribution in [1.29, 1.82) is 0 Å². The zero-order chi connectivity index (χ0) is 20.9. The summed E-state index contributed by atoms with van der Waals surface area (Å²) in [5, 5.41) is 0. The second-order valence-corrected chi connectivity index (χ2v) is 8.52. The van der Waals surface area contributed by atoms with Gasteiger partial charge in [-0.05, 0) is 55.4 Å². The van der Waals surface area contributed by atoms with Crippen LogP contribution >= 0.6 is 11.8 Å². The Morgan fingerprint density at radius 3 is 2.07 bits per heavy atom. The summed E-state index contributed by atoms with van der Waals surface area (Å²) in [4.78, 5) is 7.49. The third-order valence-electron chi connectivity index (χ3n) is 5.47. The third-order valence-corrected chi connectivity index (χ3v) is 6.60. The van der Waals surface area contributed by atoms with Gasteiger partial charge in [-0.1, -0.05) is 42.1 Å². The first-order valence-corrected chi connectivity index (χ1v) is 11.0. The number of likely N-dealkylation sites (N-methyl/N-ethyl adjacent to an activating group) is 1. The number of para-hydroxylation sites is 2. The molecule has 156 valence electrons. The fourth-order valence-corrected chi connectivity index (χ4v) is 4.86. The summed E-state index contributed by atoms with van der Waals surface area (Å²) >= 11 is 1.86. The Hall–Kier alpha value is -2.63. The number of hydrogen-bond acceptors (Lipinski definition) is 5. The first-order valence-electron chi connectivity index (χ1n) is 10.2. The van der Waals surface area contributed by atoms with Crippen LogP contribution in [0.4, 0.5) is 11.4 Å². The molecule has 4 rings (SSSR count). The summed E-state index contributed by atoms with van der Waals surface area (Å²) in [6, 6.07) is 23.5. The van der Waals surface area contributed by atoms with Crippen LogP contribution in [0.2, 0.25) is 0 Å². The molecule has 0 aromatic heterocycles. The first-order chi connectivity index (χ1) is 14.7. The topological polar surface area (TPSA) is 24.9 Å². The average molecular weight is 421 g/mol. The van der Waals surface area contributed by atoms with Crippen LogP contribution in [0, 0.1) is 0 Å². The molecule has 0 amide bonds. The van der Waals surface area contributed by atoms with Crippen molar-refractivity contribution >= 4 is 23.1 Å². The number of hydrogen-bond donors (Lipinski definition) is 0. The summed E-state index contributed by atoms with van der Waals surface area (Å²) in [5.74, 6) is 1.56. The van der Waals surface area contributed by atoms with Gasteiger partial charge in [0, 0.05) is 29.4 Å². The van der Waals surface area contributed by atoms with Crippen LogP contribution in [-0.2, 0) is 6.42 Å². The number of rotatable bonds is 8. The van der Waals surface area contributed by atoms with E-state index < -0.39 is 0 Å². The van der Waals surface area contributed by atoms with Crippen LogP contribution in [0.1, 0.15) is 5.56 Å². The number of benzene rings is 3. The minimum absolute atomic E-state index is 0.773. The van der Waals surface area contributed by atoms with Gasteiger partial charge in [0.1, 0.15) is 0 Å². The van der Waals surface area contributed by atoms with Gasteiger partial charge in [-0.15, -0.1) is 0 Å². The molecule has 5 heteroatoms. The highest BCUT2D eigenvalue weighted by Crippen LogP contribution is 2.47. The van der Waals surface area contributed by atoms with Crippen LogP contribution < -0.4 is 14.4 Å². The van der Waals surface area contributed by atoms with Crippen LogP contribution in [0.25, 0.3) is 0 Å². The van der Waals surface area contributed by atoms with E-state index in [0.29, 0.717) is 0 Å². The molecule has 0 N–H and O–H groups in total. The Morgan fingerprint density at radius 2 is 1.43 bits per heavy atom. The van der Waals surface area contributed by atoms with E-state index in [4.69, 9.17) is 9.47 Å². The van der Waals surface area contributed by atoms with E-state index in [2.05, 4.69) is 77.5 Å². The molecule has 30 heavy (non-hydrogen) atoms. The number of methoxy groups -OCH3 is 2. The van der Waals surface area contributed by atoms with Crippen molar-refractivity contribution in [2.75, 3.05) is 45.8 Å². The smallest absolute Gasteiger partial charge is 0.160 e. The molecule has 0 unspecified atom stereocenters. The quantitative estimate of drug-likeness (QED) is 0.480. The maximum atomic E-state index is 5.43. The fourth-order valence-electron chi connectivity index (χ4n) is 3.76. The second-order valence-electron chi connectivity index (χ2n) is 7.43. The van der Waals surface area contributed by atoms with Gasteiger partial charge >= 0.3 is 0 Å². The Kier molecular flexibility index (Phi) is 6.50. The summed E-state index contributed by atoms with van der Waals surface area (Å²) in [6.07, 6.45) is 0.972. The summed E-state index contributed by atoms with van der Waals surface area (Å²) < 4.78 is 10.8. The lowest BCUT2D eigenvalue weighted by Crippen LogP contribution is -2.32. The highest BCUT2D eigenvalue weighted by molar-refractivity contribution is 7.99. The maximum Gasteiger partial charge on any atom is 0.160 e. The van der Waals surface area contributed by atoms with Gasteiger partial charge < -0.3 is 19.3 Å². The van der Waals surface area contributed by atoms with Gasteiger partial charge in [-0.2, -0.15) is 0 Å². The molecule has 0 fully saturated rings. The van der Waals surface area contributed by atoms with E-state index in [1.807, 2.05) is 17.8 Å². The summed E-state index contributed by atoms with van der Waals surface area (Å²) in [6.45, 7) is 2.93. The van der Waals surface area contributed by atoms with Crippen LogP contribution in [0.3, 0.4) is 0 Å². The van der Waals surface area contributed by atoms with Crippen molar-refractivity contribution in [2.45, 2.75) is 16.2 Å². The lowest BCUT2D eigenvalue weighted by atomic mass is 10.1. The lowest BCUT2D eigenvalue weighted by molar-refractivity contribution is 0.344. The number of nitrogens with zero attached hydrogens (tertiary/aromatic N) is 2. The number of anilines is 2. The summed E-state index contributed by atoms with van der Waals surface area (Å²) in [5.41, 5.74) is 3.86. The molecular formula is C25H28N2O2S. The largest absolute Gasteiger partial charge is 0.493 e. The van der Waals surface area contributed by atoms with Crippen molar-refractivity contribution in [3.05, 3.63) is 72.3 Å². The number of ether oxygens (including phenoxy) is 2. The average Bonchev–Trinajstić information content (AvgIpc) is 2.80. The van der Waals surface area contributed by atoms with Crippen molar-refractivity contribution in [3.63, 3.8) is 0 Å². The molecule has 0 spiro atoms. The van der Waals surface area contributed by atoms with Crippen molar-refractivity contribution in [3.8, 4) is 11.5 Å². The third kappa shape index (κ3) is 4.42. The molecule has 0 saturated heterocycles. The predicted molar refractivity (Wildman–Crippen MR) is 125 cm³/mol. The van der Waals surface area contributed by atoms with E-state index in [1.165, 1.54) is 26.7 Å². The minimum atomic E-state index is 0.773. The van der Waals surface area contributed by atoms with E-state index in [0.717, 1.165) is 37.6 Å². The van der Waals surface area contributed by atoms with E-state index in [1.54, 1.807) is 14.2 Å². The van der Waals surface area contributed by atoms with E-state index >= 15 is 0 Å². The highest BCUT2D eigenvalue weighted by atomic mass is 32.2. The van der Waals surface area contributed by atoms with Crippen LogP contribution in [-0.4, -0.2) is 45.8 Å². The SMILES string of the molecule is COc1ccc(CCN(C)CCN2c3ccccc3Sc3ccccc32)cc1OC. The molecule has 4 nitrogen and oxygen atoms in total. The van der Waals surface area contributed by atoms with Gasteiger partial charge in [0.25, 0.3) is 0 Å². The summed E-state index contributed by atoms with van der Waals surface area (Å²) in [7, 11) is 5.54. The molecule has 1 aliphatic heterocycles. The van der Waals surface area contributed by atoms with Gasteiger partial charge in [-0.25, -0.2) is 0 Å². The zero-order valence-corrected chi connectivity index (χ0v) is 18.6. The molecule has 0 aliphatic carbocycles. The molecule has 0 saturated carbocycles. The van der Waals surface area contributed by atoms with E-state index in [9.17, 15) is 0 Å². The van der Waals surface area contributed by atoms with E-state index in [-0.39, 0.29) is 0 Å². The van der Waals surface area contributed by atoms with Gasteiger partial charge in [0.2, 0.25) is 0 Å². The fraction of sp³-hybridized carbons (Fsp3) is 0.280. The lowest BCUT2D eigenvalue weighted by Gasteiger charge is -2.34. The monoisotopic (exact) mass is 420 g/mol. The van der Waals surface area contributed by atoms with Gasteiger partial charge in [-0.3, -0.25) is 0 Å². The normalized spacial score (nSPS) is 12.5. The minimum Gasteiger partial charge on any atom is -0.493 e. The Balaban J connectivity index is 1.40. The van der Waals surface area contributed by atoms with Crippen molar-refractivity contribution < 1.29 is 9.47 Å². The molecular weight excluding hydrogens is 392 g/mol. The highest BCUT2D eigenvalue weighted by Gasteiger charge is 2.22. The standard InChI is InChI=1S/C25H28N2O2S/c1-26(15-14-19-12-13-22(28-2)23(18-19)29-3)16-17-27-20-8-4-6-10-24(20)30-25-11-7-5-9-21(25)27/h4-13,18H,14-17H2,1-3H3. The second kappa shape index (κ2) is 9.45. The Bertz CT molecular complexity index is 962. The van der Waals surface area contributed by atoms with Crippen LogP contribution in [0.15, 0.2) is 76.5 Å². The van der Waals surface area contributed by atoms with Crippen LogP contribution in [0.5, 0.6) is 11.5 Å². The molecule has 0 radical (unpaired) electrons. The maximum absolute atomic E-state index is 5.43. The number of fused-ring (bicyclic) bond motifs is 2. The molecule has 3 aromatic rings. The molecule has 0 bridgehead atoms. The van der Waals surface area contributed by atoms with Gasteiger partial charge in [0.05, 0.1) is 25.6 Å². The Labute approximate surface area is 183 Å². The Morgan fingerprint density at radius 1 is 0.800 bits per heavy atom. The zero-order valence-electron chi connectivity index (χ0n) is 17.8. The molecule has 3 aromatic carbocycles. The molecule has 1 aliphatic rings. The predicted octanol–water partition coefficient (Wildman–Crippen LogP) is 5.48.